The lowest BCUT2D eigenvalue weighted by atomic mass is 9.86. The zero-order chi connectivity index (χ0) is 23.8. The lowest BCUT2D eigenvalue weighted by Gasteiger charge is -2.44. The van der Waals surface area contributed by atoms with Gasteiger partial charge < -0.3 is 15.7 Å². The summed E-state index contributed by atoms with van der Waals surface area (Å²) >= 11 is 0. The number of amides is 2. The molecule has 2 aliphatic rings. The molecule has 1 aliphatic heterocycles. The van der Waals surface area contributed by atoms with Gasteiger partial charge in [-0.2, -0.15) is 0 Å². The van der Waals surface area contributed by atoms with Crippen LogP contribution in [0.3, 0.4) is 0 Å². The molecule has 0 saturated carbocycles. The summed E-state index contributed by atoms with van der Waals surface area (Å²) in [6.45, 7) is 5.92. The predicted octanol–water partition coefficient (Wildman–Crippen LogP) is 3.45. The number of hydrogen-bond donors (Lipinski definition) is 4. The Morgan fingerprint density at radius 2 is 1.97 bits per heavy atom. The second-order valence-corrected chi connectivity index (χ2v) is 9.12. The lowest BCUT2D eigenvalue weighted by molar-refractivity contribution is -0.132. The van der Waals surface area contributed by atoms with Crippen LogP contribution in [0.25, 0.3) is 0 Å². The van der Waals surface area contributed by atoms with Crippen molar-refractivity contribution in [3.63, 3.8) is 0 Å². The Kier molecular flexibility index (Phi) is 6.26. The maximum atomic E-state index is 13.0. The van der Waals surface area contributed by atoms with Crippen LogP contribution in [0, 0.1) is 5.41 Å². The van der Waals surface area contributed by atoms with Crippen molar-refractivity contribution < 1.29 is 14.7 Å². The minimum atomic E-state index is -0.664. The van der Waals surface area contributed by atoms with Gasteiger partial charge in [-0.05, 0) is 48.6 Å². The fourth-order valence-corrected chi connectivity index (χ4v) is 5.00. The molecule has 0 spiro atoms. The van der Waals surface area contributed by atoms with Gasteiger partial charge in [0.05, 0.1) is 24.6 Å². The van der Waals surface area contributed by atoms with E-state index >= 15 is 0 Å². The molecular weight excluding hydrogens is 416 g/mol. The molecular formula is C26H32N4O3. The van der Waals surface area contributed by atoms with Gasteiger partial charge in [0.15, 0.2) is 5.96 Å². The predicted molar refractivity (Wildman–Crippen MR) is 127 cm³/mol. The van der Waals surface area contributed by atoms with E-state index in [0.29, 0.717) is 18.4 Å². The van der Waals surface area contributed by atoms with E-state index < -0.39 is 18.2 Å². The zero-order valence-electron chi connectivity index (χ0n) is 19.4. The Bertz CT molecular complexity index is 1060. The molecule has 33 heavy (non-hydrogen) atoms. The molecule has 7 heteroatoms. The van der Waals surface area contributed by atoms with Crippen LogP contribution in [0.5, 0.6) is 0 Å². The van der Waals surface area contributed by atoms with E-state index in [4.69, 9.17) is 5.41 Å². The summed E-state index contributed by atoms with van der Waals surface area (Å²) in [5, 5.41) is 25.2. The van der Waals surface area contributed by atoms with Gasteiger partial charge in [-0.25, -0.2) is 0 Å². The van der Waals surface area contributed by atoms with Crippen LogP contribution in [-0.2, 0) is 11.2 Å². The summed E-state index contributed by atoms with van der Waals surface area (Å²) in [7, 11) is 0. The fraction of sp³-hybridized carbons (Fsp3) is 0.423. The summed E-state index contributed by atoms with van der Waals surface area (Å²) in [5.74, 6) is -0.266. The third-order valence-corrected chi connectivity index (χ3v) is 7.25. The number of benzene rings is 2. The van der Waals surface area contributed by atoms with Crippen LogP contribution in [-0.4, -0.2) is 39.4 Å². The van der Waals surface area contributed by atoms with Gasteiger partial charge in [0.1, 0.15) is 0 Å². The molecule has 0 bridgehead atoms. The van der Waals surface area contributed by atoms with Crippen molar-refractivity contribution in [1.29, 1.82) is 5.41 Å². The van der Waals surface area contributed by atoms with Crippen LogP contribution in [0.2, 0.25) is 0 Å². The highest BCUT2D eigenvalue weighted by molar-refractivity contribution is 6.00. The summed E-state index contributed by atoms with van der Waals surface area (Å²) in [6, 6.07) is 14.0. The van der Waals surface area contributed by atoms with Crippen molar-refractivity contribution in [2.45, 2.75) is 70.2 Å². The van der Waals surface area contributed by atoms with Crippen molar-refractivity contribution in [3.8, 4) is 0 Å². The third kappa shape index (κ3) is 4.25. The highest BCUT2D eigenvalue weighted by Crippen LogP contribution is 2.33. The number of nitrogens with one attached hydrogen (secondary N) is 3. The minimum absolute atomic E-state index is 0.0875. The number of carbonyl (C=O) groups is 2. The van der Waals surface area contributed by atoms with Crippen LogP contribution < -0.4 is 10.6 Å². The van der Waals surface area contributed by atoms with Crippen LogP contribution in [0.4, 0.5) is 0 Å². The number of fused-ring (bicyclic) bond motifs is 1. The number of rotatable bonds is 6. The molecule has 1 aliphatic carbocycles. The SMILES string of the molecule is CCC1(CC)CC(=O)N(C(C)c2cccc(C(=O)N[C@@H]3c4ccccc4C[C@H]3O)c2)C(=N)N1. The topological polar surface area (TPSA) is 106 Å². The average Bonchev–Trinajstić information content (AvgIpc) is 3.13. The number of aliphatic hydroxyl groups excluding tert-OH is 1. The molecule has 2 amide bonds. The van der Waals surface area contributed by atoms with Crippen molar-refractivity contribution in [3.05, 3.63) is 70.8 Å². The van der Waals surface area contributed by atoms with Gasteiger partial charge in [-0.1, -0.05) is 50.2 Å². The average molecular weight is 449 g/mol. The maximum absolute atomic E-state index is 13.0. The van der Waals surface area contributed by atoms with E-state index in [9.17, 15) is 14.7 Å². The van der Waals surface area contributed by atoms with E-state index in [0.717, 1.165) is 29.5 Å². The quantitative estimate of drug-likeness (QED) is 0.543. The minimum Gasteiger partial charge on any atom is -0.390 e. The zero-order valence-corrected chi connectivity index (χ0v) is 19.4. The molecule has 2 aromatic carbocycles. The molecule has 7 nitrogen and oxygen atoms in total. The van der Waals surface area contributed by atoms with Crippen molar-refractivity contribution in [2.75, 3.05) is 0 Å². The Labute approximate surface area is 194 Å². The molecule has 2 aromatic rings. The van der Waals surface area contributed by atoms with Crippen molar-refractivity contribution >= 4 is 17.8 Å². The van der Waals surface area contributed by atoms with Crippen LogP contribution in [0.15, 0.2) is 48.5 Å². The molecule has 1 unspecified atom stereocenters. The van der Waals surface area contributed by atoms with E-state index in [-0.39, 0.29) is 23.3 Å². The smallest absolute Gasteiger partial charge is 0.251 e. The highest BCUT2D eigenvalue weighted by Gasteiger charge is 2.41. The molecule has 1 heterocycles. The van der Waals surface area contributed by atoms with Crippen molar-refractivity contribution in [2.24, 2.45) is 0 Å². The number of hydrogen-bond acceptors (Lipinski definition) is 4. The molecule has 174 valence electrons. The molecule has 4 rings (SSSR count). The second-order valence-electron chi connectivity index (χ2n) is 9.12. The second kappa shape index (κ2) is 8.98. The summed E-state index contributed by atoms with van der Waals surface area (Å²) in [5.41, 5.74) is 2.84. The largest absolute Gasteiger partial charge is 0.390 e. The Morgan fingerprint density at radius 3 is 2.67 bits per heavy atom. The number of carbonyl (C=O) groups excluding carboxylic acids is 2. The Hall–Kier alpha value is -3.19. The number of aliphatic hydroxyl groups is 1. The van der Waals surface area contributed by atoms with Crippen LogP contribution >= 0.6 is 0 Å². The highest BCUT2D eigenvalue weighted by atomic mass is 16.3. The molecule has 1 fully saturated rings. The van der Waals surface area contributed by atoms with Gasteiger partial charge in [0.2, 0.25) is 5.91 Å². The van der Waals surface area contributed by atoms with E-state index in [2.05, 4.69) is 10.6 Å². The Morgan fingerprint density at radius 1 is 1.24 bits per heavy atom. The molecule has 3 atom stereocenters. The molecule has 4 N–H and O–H groups in total. The first-order valence-corrected chi connectivity index (χ1v) is 11.6. The Balaban J connectivity index is 1.52. The first kappa shape index (κ1) is 23.0. The first-order chi connectivity index (χ1) is 15.8. The number of guanidine groups is 1. The summed E-state index contributed by atoms with van der Waals surface area (Å²) < 4.78 is 0. The lowest BCUT2D eigenvalue weighted by Crippen LogP contribution is -2.62. The van der Waals surface area contributed by atoms with Gasteiger partial charge in [0, 0.05) is 17.5 Å². The first-order valence-electron chi connectivity index (χ1n) is 11.6. The standard InChI is InChI=1S/C26H32N4O3/c1-4-26(5-2)15-22(32)30(25(27)29-26)16(3)17-10-8-11-19(13-17)24(33)28-23-20-12-7-6-9-18(20)14-21(23)31/h6-13,16,21,23,31H,4-5,14-15H2,1-3H3,(H2,27,29)(H,28,33)/t16?,21-,23-/m1/s1. The summed E-state index contributed by atoms with van der Waals surface area (Å²) in [4.78, 5) is 27.5. The van der Waals surface area contributed by atoms with Gasteiger partial charge >= 0.3 is 0 Å². The summed E-state index contributed by atoms with van der Waals surface area (Å²) in [6.07, 6.45) is 1.73. The molecule has 0 radical (unpaired) electrons. The third-order valence-electron chi connectivity index (χ3n) is 7.25. The van der Waals surface area contributed by atoms with E-state index in [1.165, 1.54) is 4.90 Å². The monoisotopic (exact) mass is 448 g/mol. The maximum Gasteiger partial charge on any atom is 0.251 e. The normalized spacial score (nSPS) is 22.5. The number of nitrogens with zero attached hydrogens (tertiary/aromatic N) is 1. The van der Waals surface area contributed by atoms with Gasteiger partial charge in [0.25, 0.3) is 5.91 Å². The fourth-order valence-electron chi connectivity index (χ4n) is 5.00. The van der Waals surface area contributed by atoms with E-state index in [1.807, 2.05) is 51.1 Å². The van der Waals surface area contributed by atoms with E-state index in [1.54, 1.807) is 18.2 Å². The van der Waals surface area contributed by atoms with Crippen LogP contribution in [0.1, 0.15) is 79.2 Å². The van der Waals surface area contributed by atoms with Crippen molar-refractivity contribution in [1.82, 2.24) is 15.5 Å². The molecule has 0 aromatic heterocycles. The van der Waals surface area contributed by atoms with Gasteiger partial charge in [-0.3, -0.25) is 19.9 Å². The van der Waals surface area contributed by atoms with Gasteiger partial charge in [-0.15, -0.1) is 0 Å². The molecule has 1 saturated heterocycles.